The molecule has 0 bridgehead atoms. The van der Waals surface area contributed by atoms with Crippen molar-refractivity contribution in [1.82, 2.24) is 5.32 Å². The smallest absolute Gasteiger partial charge is 0.0372 e. The molecule has 0 amide bonds. The van der Waals surface area contributed by atoms with Crippen molar-refractivity contribution in [3.8, 4) is 0 Å². The zero-order chi connectivity index (χ0) is 15.2. The lowest BCUT2D eigenvalue weighted by molar-refractivity contribution is 0.527. The molecule has 112 valence electrons. The van der Waals surface area contributed by atoms with Crippen LogP contribution >= 0.6 is 38.5 Å². The summed E-state index contributed by atoms with van der Waals surface area (Å²) < 4.78 is 2.46. The zero-order valence-electron chi connectivity index (χ0n) is 12.5. The highest BCUT2D eigenvalue weighted by atomic mass is 127. The van der Waals surface area contributed by atoms with E-state index in [0.29, 0.717) is 6.04 Å². The molecule has 2 aromatic carbocycles. The normalized spacial score (nSPS) is 12.4. The van der Waals surface area contributed by atoms with Gasteiger partial charge in [0, 0.05) is 14.1 Å². The van der Waals surface area contributed by atoms with E-state index in [1.807, 2.05) is 0 Å². The average Bonchev–Trinajstić information content (AvgIpc) is 2.46. The molecule has 0 aliphatic heterocycles. The minimum atomic E-state index is 0.343. The highest BCUT2D eigenvalue weighted by Crippen LogP contribution is 2.28. The molecule has 2 rings (SSSR count). The second-order valence-corrected chi connectivity index (χ2v) is 7.47. The fourth-order valence-electron chi connectivity index (χ4n) is 2.47. The van der Waals surface area contributed by atoms with E-state index >= 15 is 0 Å². The topological polar surface area (TPSA) is 12.0 Å². The Balaban J connectivity index is 2.27. The molecule has 0 saturated heterocycles. The fraction of sp³-hybridized carbons (Fsp3) is 0.333. The van der Waals surface area contributed by atoms with Crippen molar-refractivity contribution < 1.29 is 0 Å². The molecule has 1 unspecified atom stereocenters. The Hall–Kier alpha value is -0.390. The van der Waals surface area contributed by atoms with Crippen LogP contribution < -0.4 is 5.32 Å². The van der Waals surface area contributed by atoms with E-state index < -0.39 is 0 Å². The molecule has 0 radical (unpaired) electrons. The van der Waals surface area contributed by atoms with Gasteiger partial charge in [-0.1, -0.05) is 52.7 Å². The summed E-state index contributed by atoms with van der Waals surface area (Å²) in [5, 5.41) is 3.69. The van der Waals surface area contributed by atoms with Crippen molar-refractivity contribution in [3.05, 3.63) is 67.2 Å². The van der Waals surface area contributed by atoms with Crippen molar-refractivity contribution in [1.29, 1.82) is 0 Å². The van der Waals surface area contributed by atoms with Gasteiger partial charge in [-0.2, -0.15) is 0 Å². The van der Waals surface area contributed by atoms with E-state index in [0.717, 1.165) is 19.4 Å². The van der Waals surface area contributed by atoms with Gasteiger partial charge in [0.25, 0.3) is 0 Å². The molecular weight excluding hydrogens is 437 g/mol. The molecule has 0 aliphatic carbocycles. The van der Waals surface area contributed by atoms with E-state index in [1.165, 1.54) is 24.7 Å². The van der Waals surface area contributed by atoms with Gasteiger partial charge >= 0.3 is 0 Å². The zero-order valence-corrected chi connectivity index (χ0v) is 16.2. The van der Waals surface area contributed by atoms with E-state index in [1.54, 1.807) is 0 Å². The average molecular weight is 458 g/mol. The Labute approximate surface area is 149 Å². The van der Waals surface area contributed by atoms with Gasteiger partial charge in [-0.05, 0) is 78.2 Å². The number of hydrogen-bond acceptors (Lipinski definition) is 1. The minimum absolute atomic E-state index is 0.343. The van der Waals surface area contributed by atoms with Gasteiger partial charge in [0.2, 0.25) is 0 Å². The van der Waals surface area contributed by atoms with Crippen LogP contribution in [0.25, 0.3) is 0 Å². The maximum atomic E-state index is 3.71. The molecule has 0 saturated carbocycles. The molecule has 0 aliphatic rings. The molecule has 0 fully saturated rings. The van der Waals surface area contributed by atoms with Crippen molar-refractivity contribution in [3.63, 3.8) is 0 Å². The van der Waals surface area contributed by atoms with Crippen molar-refractivity contribution in [2.24, 2.45) is 0 Å². The first-order valence-corrected chi connectivity index (χ1v) is 9.21. The second kappa shape index (κ2) is 8.30. The van der Waals surface area contributed by atoms with Crippen LogP contribution in [0, 0.1) is 10.5 Å². The quantitative estimate of drug-likeness (QED) is 0.553. The minimum Gasteiger partial charge on any atom is -0.310 e. The van der Waals surface area contributed by atoms with Crippen molar-refractivity contribution >= 4 is 38.5 Å². The van der Waals surface area contributed by atoms with E-state index in [9.17, 15) is 0 Å². The fourth-order valence-corrected chi connectivity index (χ4v) is 3.51. The molecule has 1 nitrogen and oxygen atoms in total. The first kappa shape index (κ1) is 17.0. The Morgan fingerprint density at radius 2 is 2.00 bits per heavy atom. The molecular formula is C18H21BrIN. The molecule has 21 heavy (non-hydrogen) atoms. The van der Waals surface area contributed by atoms with Gasteiger partial charge in [0.15, 0.2) is 0 Å². The van der Waals surface area contributed by atoms with E-state index in [-0.39, 0.29) is 0 Å². The summed E-state index contributed by atoms with van der Waals surface area (Å²) in [5.74, 6) is 0. The summed E-state index contributed by atoms with van der Waals surface area (Å²) in [6.07, 6.45) is 2.16. The summed E-state index contributed by atoms with van der Waals surface area (Å²) >= 11 is 6.09. The van der Waals surface area contributed by atoms with Crippen LogP contribution in [-0.4, -0.2) is 6.54 Å². The van der Waals surface area contributed by atoms with Gasteiger partial charge in [0.05, 0.1) is 0 Å². The lowest BCUT2D eigenvalue weighted by atomic mass is 9.98. The number of aryl methyl sites for hydroxylation is 1. The maximum absolute atomic E-state index is 3.71. The predicted octanol–water partition coefficient (Wildman–Crippen LogP) is 5.65. The SMILES string of the molecule is CCCNC(Cc1cccc(C)c1)c1cc(I)ccc1Br. The van der Waals surface area contributed by atoms with Gasteiger partial charge in [-0.25, -0.2) is 0 Å². The van der Waals surface area contributed by atoms with Crippen molar-refractivity contribution in [2.45, 2.75) is 32.7 Å². The third kappa shape index (κ3) is 5.08. The van der Waals surface area contributed by atoms with Crippen LogP contribution in [0.2, 0.25) is 0 Å². The number of hydrogen-bond donors (Lipinski definition) is 1. The third-order valence-corrected chi connectivity index (χ3v) is 4.89. The Morgan fingerprint density at radius 3 is 2.71 bits per heavy atom. The molecule has 3 heteroatoms. The molecule has 0 heterocycles. The standard InChI is InChI=1S/C18H21BrIN/c1-3-9-21-18(11-14-6-4-5-13(2)10-14)16-12-15(20)7-8-17(16)19/h4-8,10,12,18,21H,3,9,11H2,1-2H3. The first-order chi connectivity index (χ1) is 10.1. The number of halogens is 2. The number of benzene rings is 2. The van der Waals surface area contributed by atoms with Crippen molar-refractivity contribution in [2.75, 3.05) is 6.54 Å². The highest BCUT2D eigenvalue weighted by molar-refractivity contribution is 14.1. The van der Waals surface area contributed by atoms with Crippen LogP contribution in [0.1, 0.15) is 36.1 Å². The summed E-state index contributed by atoms with van der Waals surface area (Å²) in [4.78, 5) is 0. The van der Waals surface area contributed by atoms with Crippen LogP contribution in [0.15, 0.2) is 46.9 Å². The van der Waals surface area contributed by atoms with Gasteiger partial charge in [-0.3, -0.25) is 0 Å². The van der Waals surface area contributed by atoms with Crippen LogP contribution in [-0.2, 0) is 6.42 Å². The summed E-state index contributed by atoms with van der Waals surface area (Å²) in [5.41, 5.74) is 4.05. The van der Waals surface area contributed by atoms with Crippen LogP contribution in [0.4, 0.5) is 0 Å². The van der Waals surface area contributed by atoms with Crippen LogP contribution in [0.5, 0.6) is 0 Å². The predicted molar refractivity (Wildman–Crippen MR) is 103 cm³/mol. The van der Waals surface area contributed by atoms with Gasteiger partial charge in [0.1, 0.15) is 0 Å². The third-order valence-electron chi connectivity index (χ3n) is 3.50. The summed E-state index contributed by atoms with van der Waals surface area (Å²) in [6.45, 7) is 5.40. The lowest BCUT2D eigenvalue weighted by Crippen LogP contribution is -2.24. The maximum Gasteiger partial charge on any atom is 0.0372 e. The molecule has 0 aromatic heterocycles. The largest absolute Gasteiger partial charge is 0.310 e. The van der Waals surface area contributed by atoms with E-state index in [4.69, 9.17) is 0 Å². The summed E-state index contributed by atoms with van der Waals surface area (Å²) in [7, 11) is 0. The Kier molecular flexibility index (Phi) is 6.71. The van der Waals surface area contributed by atoms with Gasteiger partial charge < -0.3 is 5.32 Å². The van der Waals surface area contributed by atoms with Gasteiger partial charge in [-0.15, -0.1) is 0 Å². The Morgan fingerprint density at radius 1 is 1.19 bits per heavy atom. The first-order valence-electron chi connectivity index (χ1n) is 7.34. The highest BCUT2D eigenvalue weighted by Gasteiger charge is 2.15. The molecule has 1 N–H and O–H groups in total. The molecule has 0 spiro atoms. The number of rotatable bonds is 6. The van der Waals surface area contributed by atoms with E-state index in [2.05, 4.69) is 100 Å². The lowest BCUT2D eigenvalue weighted by Gasteiger charge is -2.21. The van der Waals surface area contributed by atoms with Crippen LogP contribution in [0.3, 0.4) is 0 Å². The second-order valence-electron chi connectivity index (χ2n) is 5.37. The molecule has 2 aromatic rings. The summed E-state index contributed by atoms with van der Waals surface area (Å²) in [6, 6.07) is 15.7. The number of nitrogens with one attached hydrogen (secondary N) is 1. The monoisotopic (exact) mass is 457 g/mol. The Bertz CT molecular complexity index is 598. The molecule has 1 atom stereocenters.